The summed E-state index contributed by atoms with van der Waals surface area (Å²) in [4.78, 5) is 11.6. The third-order valence-electron chi connectivity index (χ3n) is 4.83. The lowest BCUT2D eigenvalue weighted by Crippen LogP contribution is -2.25. The van der Waals surface area contributed by atoms with Gasteiger partial charge >= 0.3 is 12.1 Å². The number of anilines is 1. The minimum absolute atomic E-state index is 0.102. The van der Waals surface area contributed by atoms with E-state index in [2.05, 4.69) is 0 Å². The number of hydrogen-bond acceptors (Lipinski definition) is 5. The number of nitrogens with one attached hydrogen (secondary N) is 1. The van der Waals surface area contributed by atoms with Crippen LogP contribution in [0, 0.1) is 17.6 Å². The highest BCUT2D eigenvalue weighted by molar-refractivity contribution is 14.2. The Labute approximate surface area is 190 Å². The molecule has 6 nitrogen and oxygen atoms in total. The molecule has 31 heavy (non-hydrogen) atoms. The normalized spacial score (nSPS) is 16.7. The summed E-state index contributed by atoms with van der Waals surface area (Å²) in [6, 6.07) is 0.0506. The van der Waals surface area contributed by atoms with Crippen molar-refractivity contribution in [3.63, 3.8) is 0 Å². The van der Waals surface area contributed by atoms with Crippen molar-refractivity contribution >= 4 is 52.0 Å². The lowest BCUT2D eigenvalue weighted by Gasteiger charge is -2.22. The monoisotopic (exact) mass is 596 g/mol. The molecule has 0 bridgehead atoms. The molecule has 1 aliphatic carbocycles. The van der Waals surface area contributed by atoms with Crippen LogP contribution in [0.1, 0.15) is 23.2 Å². The number of nitrogens with zero attached hydrogens (tertiary/aromatic N) is 1. The SMILES string of the molecule is COC(=O)C1CCc2c(S(=O)(=O)Nc3cc(F)c(C(F)(F)F)cc3F)cn(SI)c2C1. The zero-order valence-corrected chi connectivity index (χ0v) is 19.4. The first-order chi connectivity index (χ1) is 14.4. The maximum Gasteiger partial charge on any atom is 0.419 e. The number of halogens is 6. The quantitative estimate of drug-likeness (QED) is 0.308. The Kier molecular flexibility index (Phi) is 6.82. The lowest BCUT2D eigenvalue weighted by molar-refractivity contribution is -0.145. The zero-order chi connectivity index (χ0) is 23.1. The second-order valence-electron chi connectivity index (χ2n) is 6.69. The van der Waals surface area contributed by atoms with Crippen molar-refractivity contribution < 1.29 is 39.9 Å². The van der Waals surface area contributed by atoms with Gasteiger partial charge in [0.2, 0.25) is 0 Å². The van der Waals surface area contributed by atoms with Crippen LogP contribution < -0.4 is 4.72 Å². The third-order valence-corrected chi connectivity index (χ3v) is 8.00. The minimum atomic E-state index is -5.13. The Morgan fingerprint density at radius 3 is 2.55 bits per heavy atom. The van der Waals surface area contributed by atoms with Crippen molar-refractivity contribution in [3.8, 4) is 0 Å². The molecule has 1 unspecified atom stereocenters. The average Bonchev–Trinajstić information content (AvgIpc) is 3.07. The molecule has 1 atom stereocenters. The molecule has 0 spiro atoms. The van der Waals surface area contributed by atoms with E-state index in [1.54, 1.807) is 0 Å². The molecule has 0 saturated carbocycles. The molecule has 2 aromatic rings. The van der Waals surface area contributed by atoms with Gasteiger partial charge in [-0.1, -0.05) is 0 Å². The van der Waals surface area contributed by atoms with E-state index >= 15 is 0 Å². The number of hydrogen-bond donors (Lipinski definition) is 1. The molecule has 0 radical (unpaired) electrons. The molecule has 1 aromatic carbocycles. The molecule has 170 valence electrons. The van der Waals surface area contributed by atoms with Crippen LogP contribution in [0.5, 0.6) is 0 Å². The maximum absolute atomic E-state index is 14.1. The minimum Gasteiger partial charge on any atom is -0.469 e. The van der Waals surface area contributed by atoms with Gasteiger partial charge in [0, 0.05) is 54.7 Å². The summed E-state index contributed by atoms with van der Waals surface area (Å²) in [7, 11) is -2.07. The van der Waals surface area contributed by atoms with E-state index in [-0.39, 0.29) is 29.9 Å². The van der Waals surface area contributed by atoms with E-state index in [1.165, 1.54) is 17.3 Å². The molecule has 14 heteroatoms. The van der Waals surface area contributed by atoms with E-state index in [1.807, 2.05) is 25.9 Å². The number of rotatable bonds is 5. The van der Waals surface area contributed by atoms with Gasteiger partial charge < -0.3 is 4.74 Å². The summed E-state index contributed by atoms with van der Waals surface area (Å²) in [5, 5.41) is 0. The molecule has 0 aliphatic heterocycles. The van der Waals surface area contributed by atoms with Crippen molar-refractivity contribution in [2.75, 3.05) is 11.8 Å². The van der Waals surface area contributed by atoms with Gasteiger partial charge in [-0.2, -0.15) is 13.2 Å². The summed E-state index contributed by atoms with van der Waals surface area (Å²) in [6.07, 6.45) is -3.12. The highest BCUT2D eigenvalue weighted by atomic mass is 127. The Morgan fingerprint density at radius 2 is 1.97 bits per heavy atom. The van der Waals surface area contributed by atoms with Crippen LogP contribution in [0.4, 0.5) is 27.6 Å². The van der Waals surface area contributed by atoms with Gasteiger partial charge in [0.1, 0.15) is 16.5 Å². The largest absolute Gasteiger partial charge is 0.469 e. The lowest BCUT2D eigenvalue weighted by atomic mass is 9.88. The Hall–Kier alpha value is -1.55. The molecule has 0 fully saturated rings. The van der Waals surface area contributed by atoms with Gasteiger partial charge in [0.15, 0.2) is 0 Å². The van der Waals surface area contributed by atoms with E-state index in [4.69, 9.17) is 4.74 Å². The molecule has 0 amide bonds. The molecule has 1 heterocycles. The molecule has 1 aliphatic rings. The standard InChI is InChI=1S/C17H14F5IN2O4S2/c1-29-16(26)8-2-3-9-14(4-8)25(30-23)7-15(9)31(27,28)24-13-6-11(18)10(5-12(13)19)17(20,21)22/h5-8,24H,2-4H2,1H3. The number of esters is 1. The van der Waals surface area contributed by atoms with Gasteiger partial charge in [-0.05, 0) is 24.5 Å². The summed E-state index contributed by atoms with van der Waals surface area (Å²) >= 11 is 1.91. The molecule has 1 N–H and O–H groups in total. The fraction of sp³-hybridized carbons (Fsp3) is 0.353. The van der Waals surface area contributed by atoms with Gasteiger partial charge in [-0.25, -0.2) is 17.2 Å². The number of aromatic nitrogens is 1. The Bertz CT molecular complexity index is 1130. The van der Waals surface area contributed by atoms with Gasteiger partial charge in [-0.3, -0.25) is 13.5 Å². The van der Waals surface area contributed by atoms with Crippen LogP contribution in [-0.4, -0.2) is 25.5 Å². The fourth-order valence-electron chi connectivity index (χ4n) is 3.38. The van der Waals surface area contributed by atoms with Crippen LogP contribution >= 0.6 is 30.3 Å². The number of alkyl halides is 3. The average molecular weight is 596 g/mol. The fourth-order valence-corrected chi connectivity index (χ4v) is 6.25. The topological polar surface area (TPSA) is 77.4 Å². The summed E-state index contributed by atoms with van der Waals surface area (Å²) in [6.45, 7) is 0. The second-order valence-corrected chi connectivity index (χ2v) is 10.1. The van der Waals surface area contributed by atoms with E-state index in [0.717, 1.165) is 9.12 Å². The molecular formula is C17H14F5IN2O4S2. The third kappa shape index (κ3) is 4.79. The predicted molar refractivity (Wildman–Crippen MR) is 111 cm³/mol. The number of sulfonamides is 1. The number of carbonyl (C=O) groups excluding carboxylic acids is 1. The Balaban J connectivity index is 1.98. The van der Waals surface area contributed by atoms with Crippen LogP contribution in [0.3, 0.4) is 0 Å². The van der Waals surface area contributed by atoms with Crippen molar-refractivity contribution in [1.29, 1.82) is 0 Å². The maximum atomic E-state index is 14.1. The van der Waals surface area contributed by atoms with Gasteiger partial charge in [0.05, 0.1) is 24.3 Å². The van der Waals surface area contributed by atoms with E-state index < -0.39 is 51.0 Å². The van der Waals surface area contributed by atoms with Crippen LogP contribution in [0.2, 0.25) is 0 Å². The van der Waals surface area contributed by atoms with Crippen LogP contribution in [0.25, 0.3) is 0 Å². The number of ether oxygens (including phenoxy) is 1. The molecule has 3 rings (SSSR count). The van der Waals surface area contributed by atoms with Crippen molar-refractivity contribution in [2.24, 2.45) is 5.92 Å². The smallest absolute Gasteiger partial charge is 0.419 e. The molecule has 1 aromatic heterocycles. The number of benzene rings is 1. The number of fused-ring (bicyclic) bond motifs is 1. The van der Waals surface area contributed by atoms with Gasteiger partial charge in [0.25, 0.3) is 10.0 Å². The Morgan fingerprint density at radius 1 is 1.29 bits per heavy atom. The van der Waals surface area contributed by atoms with Crippen LogP contribution in [0.15, 0.2) is 23.2 Å². The molecule has 0 saturated heterocycles. The van der Waals surface area contributed by atoms with E-state index in [0.29, 0.717) is 17.7 Å². The van der Waals surface area contributed by atoms with Crippen molar-refractivity contribution in [2.45, 2.75) is 30.3 Å². The summed E-state index contributed by atoms with van der Waals surface area (Å²) < 4.78 is 100.0. The molecular weight excluding hydrogens is 582 g/mol. The number of carbonyl (C=O) groups is 1. The highest BCUT2D eigenvalue weighted by Gasteiger charge is 2.37. The first-order valence-electron chi connectivity index (χ1n) is 8.58. The summed E-state index contributed by atoms with van der Waals surface area (Å²) in [5.41, 5.74) is -1.84. The first kappa shape index (κ1) is 24.1. The van der Waals surface area contributed by atoms with Crippen LogP contribution in [-0.2, 0) is 38.6 Å². The second kappa shape index (κ2) is 8.77. The number of methoxy groups -OCH3 is 1. The predicted octanol–water partition coefficient (Wildman–Crippen LogP) is 4.71. The van der Waals surface area contributed by atoms with Gasteiger partial charge in [-0.15, -0.1) is 0 Å². The first-order valence-corrected chi connectivity index (χ1v) is 13.4. The van der Waals surface area contributed by atoms with E-state index in [9.17, 15) is 35.2 Å². The van der Waals surface area contributed by atoms with Crippen molar-refractivity contribution in [3.05, 3.63) is 46.8 Å². The highest BCUT2D eigenvalue weighted by Crippen LogP contribution is 2.38. The van der Waals surface area contributed by atoms with Crippen molar-refractivity contribution in [1.82, 2.24) is 3.97 Å². The zero-order valence-electron chi connectivity index (χ0n) is 15.6. The summed E-state index contributed by atoms with van der Waals surface area (Å²) in [5.74, 6) is -4.27.